The fourth-order valence-electron chi connectivity index (χ4n) is 2.69. The molecule has 0 saturated carbocycles. The lowest BCUT2D eigenvalue weighted by molar-refractivity contribution is 0.473. The van der Waals surface area contributed by atoms with Gasteiger partial charge in [0.05, 0.1) is 5.70 Å². The molecule has 0 radical (unpaired) electrons. The zero-order chi connectivity index (χ0) is 15.8. The van der Waals surface area contributed by atoms with Crippen molar-refractivity contribution in [3.05, 3.63) is 77.1 Å². The van der Waals surface area contributed by atoms with Crippen LogP contribution in [0.15, 0.2) is 60.9 Å². The van der Waals surface area contributed by atoms with Crippen LogP contribution in [0.2, 0.25) is 5.02 Å². The van der Waals surface area contributed by atoms with E-state index in [4.69, 9.17) is 11.6 Å². The number of phenols is 1. The quantitative estimate of drug-likeness (QED) is 0.754. The maximum absolute atomic E-state index is 10.1. The molecule has 0 spiro atoms. The van der Waals surface area contributed by atoms with Gasteiger partial charge in [-0.3, -0.25) is 0 Å². The normalized spacial score (nSPS) is 16.4. The van der Waals surface area contributed by atoms with E-state index in [1.54, 1.807) is 16.8 Å². The molecule has 6 heteroatoms. The second-order valence-corrected chi connectivity index (χ2v) is 5.68. The number of allylic oxidation sites excluding steroid dienone is 1. The molecule has 1 aliphatic rings. The molecule has 2 heterocycles. The molecule has 1 aromatic heterocycles. The smallest absolute Gasteiger partial charge is 0.226 e. The average molecular weight is 325 g/mol. The molecule has 2 N–H and O–H groups in total. The number of halogens is 1. The highest BCUT2D eigenvalue weighted by Gasteiger charge is 2.24. The zero-order valence-corrected chi connectivity index (χ0v) is 12.8. The molecule has 3 aromatic rings. The summed E-state index contributed by atoms with van der Waals surface area (Å²) >= 11 is 5.98. The van der Waals surface area contributed by atoms with Crippen molar-refractivity contribution in [1.29, 1.82) is 0 Å². The third-order valence-electron chi connectivity index (χ3n) is 3.81. The molecule has 1 atom stereocenters. The van der Waals surface area contributed by atoms with Crippen LogP contribution in [0.4, 0.5) is 5.95 Å². The van der Waals surface area contributed by atoms with Crippen LogP contribution in [0.3, 0.4) is 0 Å². The molecule has 0 amide bonds. The predicted molar refractivity (Wildman–Crippen MR) is 89.3 cm³/mol. The van der Waals surface area contributed by atoms with Gasteiger partial charge in [-0.1, -0.05) is 35.9 Å². The monoisotopic (exact) mass is 324 g/mol. The van der Waals surface area contributed by atoms with Gasteiger partial charge in [-0.15, -0.1) is 0 Å². The van der Waals surface area contributed by atoms with Crippen molar-refractivity contribution in [3.8, 4) is 5.75 Å². The Morgan fingerprint density at radius 1 is 1.09 bits per heavy atom. The summed E-state index contributed by atoms with van der Waals surface area (Å²) in [7, 11) is 0. The first-order chi connectivity index (χ1) is 11.2. The number of hydrogen-bond acceptors (Lipinski definition) is 4. The molecule has 1 aliphatic heterocycles. The number of benzene rings is 2. The Labute approximate surface area is 137 Å². The summed E-state index contributed by atoms with van der Waals surface area (Å²) < 4.78 is 1.80. The number of aromatic nitrogens is 3. The topological polar surface area (TPSA) is 63.0 Å². The minimum atomic E-state index is -0.124. The molecule has 0 saturated heterocycles. The van der Waals surface area contributed by atoms with Crippen LogP contribution in [0.1, 0.15) is 17.2 Å². The fourth-order valence-corrected chi connectivity index (χ4v) is 2.82. The van der Waals surface area contributed by atoms with Crippen molar-refractivity contribution in [2.75, 3.05) is 5.32 Å². The number of para-hydroxylation sites is 1. The van der Waals surface area contributed by atoms with Gasteiger partial charge in [0, 0.05) is 10.6 Å². The van der Waals surface area contributed by atoms with Crippen molar-refractivity contribution in [2.24, 2.45) is 0 Å². The summed E-state index contributed by atoms with van der Waals surface area (Å²) in [6.07, 6.45) is 3.52. The van der Waals surface area contributed by atoms with Gasteiger partial charge < -0.3 is 10.4 Å². The van der Waals surface area contributed by atoms with Crippen LogP contribution in [0, 0.1) is 0 Å². The van der Waals surface area contributed by atoms with E-state index in [2.05, 4.69) is 15.4 Å². The number of nitrogens with zero attached hydrogens (tertiary/aromatic N) is 3. The predicted octanol–water partition coefficient (Wildman–Crippen LogP) is 3.69. The minimum Gasteiger partial charge on any atom is -0.507 e. The highest BCUT2D eigenvalue weighted by atomic mass is 35.5. The van der Waals surface area contributed by atoms with Gasteiger partial charge in [-0.25, -0.2) is 4.68 Å². The first-order valence-electron chi connectivity index (χ1n) is 7.14. The fraction of sp³-hybridized carbons (Fsp3) is 0.0588. The molecule has 23 heavy (non-hydrogen) atoms. The van der Waals surface area contributed by atoms with Crippen LogP contribution < -0.4 is 5.32 Å². The van der Waals surface area contributed by atoms with Crippen LogP contribution in [-0.2, 0) is 0 Å². The minimum absolute atomic E-state index is 0.124. The number of phenolic OH excluding ortho intramolecular Hbond substituents is 1. The molecule has 2 aromatic carbocycles. The van der Waals surface area contributed by atoms with Crippen LogP contribution >= 0.6 is 11.6 Å². The molecule has 0 unspecified atom stereocenters. The number of aromatic hydroxyl groups is 1. The lowest BCUT2D eigenvalue weighted by atomic mass is 10.0. The van der Waals surface area contributed by atoms with Gasteiger partial charge in [0.1, 0.15) is 18.1 Å². The summed E-state index contributed by atoms with van der Waals surface area (Å²) in [6, 6.07) is 14.7. The van der Waals surface area contributed by atoms with E-state index in [9.17, 15) is 5.11 Å². The highest BCUT2D eigenvalue weighted by molar-refractivity contribution is 6.30. The summed E-state index contributed by atoms with van der Waals surface area (Å²) in [5, 5.41) is 18.3. The summed E-state index contributed by atoms with van der Waals surface area (Å²) in [6.45, 7) is 0. The van der Waals surface area contributed by atoms with Crippen molar-refractivity contribution in [1.82, 2.24) is 14.8 Å². The van der Waals surface area contributed by atoms with Crippen LogP contribution in [0.5, 0.6) is 5.75 Å². The molecular weight excluding hydrogens is 312 g/mol. The Bertz CT molecular complexity index is 886. The molecular formula is C17H13ClN4O. The van der Waals surface area contributed by atoms with E-state index < -0.39 is 0 Å². The van der Waals surface area contributed by atoms with Gasteiger partial charge in [0.15, 0.2) is 0 Å². The Balaban J connectivity index is 1.83. The largest absolute Gasteiger partial charge is 0.507 e. The number of fused-ring (bicyclic) bond motifs is 1. The van der Waals surface area contributed by atoms with E-state index in [0.29, 0.717) is 11.0 Å². The van der Waals surface area contributed by atoms with Crippen molar-refractivity contribution >= 4 is 23.2 Å². The Hall–Kier alpha value is -2.79. The Kier molecular flexibility index (Phi) is 3.28. The standard InChI is InChI=1S/C17H13ClN4O/c18-12-7-5-11(6-8-12)15-9-14(13-3-1-2-4-16(13)23)21-17-19-10-20-22(15)17/h1-10,15,23H,(H,19,20,21)/t15-/m0/s1. The second-order valence-electron chi connectivity index (χ2n) is 5.25. The number of nitrogens with one attached hydrogen (secondary N) is 1. The van der Waals surface area contributed by atoms with E-state index in [1.807, 2.05) is 42.5 Å². The van der Waals surface area contributed by atoms with Gasteiger partial charge in [-0.05, 0) is 35.9 Å². The van der Waals surface area contributed by atoms with E-state index >= 15 is 0 Å². The zero-order valence-electron chi connectivity index (χ0n) is 12.0. The lowest BCUT2D eigenvalue weighted by Crippen LogP contribution is -2.20. The third-order valence-corrected chi connectivity index (χ3v) is 4.07. The number of rotatable bonds is 2. The van der Waals surface area contributed by atoms with Gasteiger partial charge >= 0.3 is 0 Å². The second kappa shape index (κ2) is 5.44. The summed E-state index contributed by atoms with van der Waals surface area (Å²) in [4.78, 5) is 4.25. The van der Waals surface area contributed by atoms with E-state index in [0.717, 1.165) is 16.8 Å². The maximum Gasteiger partial charge on any atom is 0.226 e. The summed E-state index contributed by atoms with van der Waals surface area (Å²) in [5.41, 5.74) is 2.56. The van der Waals surface area contributed by atoms with E-state index in [1.165, 1.54) is 6.33 Å². The SMILES string of the molecule is Oc1ccccc1C1=C[C@@H](c2ccc(Cl)cc2)n2ncnc2N1. The van der Waals surface area contributed by atoms with Crippen LogP contribution in [-0.4, -0.2) is 19.9 Å². The highest BCUT2D eigenvalue weighted by Crippen LogP contribution is 2.34. The summed E-state index contributed by atoms with van der Waals surface area (Å²) in [5.74, 6) is 0.847. The average Bonchev–Trinajstić information content (AvgIpc) is 3.04. The van der Waals surface area contributed by atoms with Crippen molar-refractivity contribution < 1.29 is 5.11 Å². The van der Waals surface area contributed by atoms with E-state index in [-0.39, 0.29) is 11.8 Å². The van der Waals surface area contributed by atoms with Gasteiger partial charge in [0.2, 0.25) is 5.95 Å². The molecule has 4 rings (SSSR count). The lowest BCUT2D eigenvalue weighted by Gasteiger charge is -2.24. The molecule has 5 nitrogen and oxygen atoms in total. The number of hydrogen-bond donors (Lipinski definition) is 2. The Morgan fingerprint density at radius 2 is 1.87 bits per heavy atom. The van der Waals surface area contributed by atoms with Gasteiger partial charge in [-0.2, -0.15) is 10.1 Å². The van der Waals surface area contributed by atoms with Crippen molar-refractivity contribution in [3.63, 3.8) is 0 Å². The first-order valence-corrected chi connectivity index (χ1v) is 7.52. The van der Waals surface area contributed by atoms with Crippen molar-refractivity contribution in [2.45, 2.75) is 6.04 Å². The van der Waals surface area contributed by atoms with Crippen LogP contribution in [0.25, 0.3) is 5.70 Å². The molecule has 0 fully saturated rings. The molecule has 114 valence electrons. The Morgan fingerprint density at radius 3 is 2.65 bits per heavy atom. The first kappa shape index (κ1) is 13.8. The molecule has 0 aliphatic carbocycles. The molecule has 0 bridgehead atoms. The van der Waals surface area contributed by atoms with Gasteiger partial charge in [0.25, 0.3) is 0 Å². The third kappa shape index (κ3) is 2.45. The maximum atomic E-state index is 10.1. The number of anilines is 1.